The summed E-state index contributed by atoms with van der Waals surface area (Å²) in [6.07, 6.45) is 11.6. The van der Waals surface area contributed by atoms with Gasteiger partial charge in [0.25, 0.3) is 0 Å². The largest absolute Gasteiger partial charge is 0.306 e. The van der Waals surface area contributed by atoms with Gasteiger partial charge in [0.1, 0.15) is 0 Å². The highest BCUT2D eigenvalue weighted by Crippen LogP contribution is 2.22. The maximum absolute atomic E-state index is 2.47. The van der Waals surface area contributed by atoms with E-state index in [1.807, 2.05) is 0 Å². The van der Waals surface area contributed by atoms with Gasteiger partial charge in [-0.2, -0.15) is 0 Å². The van der Waals surface area contributed by atoms with Crippen molar-refractivity contribution in [3.63, 3.8) is 0 Å². The Morgan fingerprint density at radius 2 is 1.64 bits per heavy atom. The molecule has 1 heterocycles. The van der Waals surface area contributed by atoms with Gasteiger partial charge in [0.05, 0.1) is 0 Å². The van der Waals surface area contributed by atoms with E-state index in [2.05, 4.69) is 18.9 Å². The van der Waals surface area contributed by atoms with Crippen LogP contribution in [0.3, 0.4) is 0 Å². The SMILES string of the molecule is CCCCCCCC1CCN(C)CC1. The Kier molecular flexibility index (Phi) is 6.25. The molecule has 0 bridgehead atoms. The van der Waals surface area contributed by atoms with Gasteiger partial charge in [-0.15, -0.1) is 0 Å². The van der Waals surface area contributed by atoms with Crippen molar-refractivity contribution in [3.8, 4) is 0 Å². The van der Waals surface area contributed by atoms with Crippen LogP contribution < -0.4 is 0 Å². The minimum absolute atomic E-state index is 1.05. The number of rotatable bonds is 6. The Labute approximate surface area is 89.9 Å². The Bertz CT molecular complexity index is 125. The molecule has 1 fully saturated rings. The molecule has 0 spiro atoms. The number of unbranched alkanes of at least 4 members (excludes halogenated alkanes) is 4. The second-order valence-electron chi connectivity index (χ2n) is 4.95. The molecule has 1 nitrogen and oxygen atoms in total. The molecule has 1 saturated heterocycles. The zero-order chi connectivity index (χ0) is 10.2. The molecule has 0 unspecified atom stereocenters. The lowest BCUT2D eigenvalue weighted by atomic mass is 9.91. The van der Waals surface area contributed by atoms with Crippen LogP contribution in [-0.4, -0.2) is 25.0 Å². The van der Waals surface area contributed by atoms with Crippen LogP contribution in [0.4, 0.5) is 0 Å². The van der Waals surface area contributed by atoms with Crippen molar-refractivity contribution in [2.45, 2.75) is 58.3 Å². The van der Waals surface area contributed by atoms with Gasteiger partial charge in [-0.3, -0.25) is 0 Å². The molecule has 84 valence electrons. The van der Waals surface area contributed by atoms with Crippen LogP contribution in [0.5, 0.6) is 0 Å². The lowest BCUT2D eigenvalue weighted by Gasteiger charge is -2.28. The van der Waals surface area contributed by atoms with Crippen molar-refractivity contribution >= 4 is 0 Å². The molecular weight excluding hydrogens is 170 g/mol. The van der Waals surface area contributed by atoms with E-state index >= 15 is 0 Å². The summed E-state index contributed by atoms with van der Waals surface area (Å²) in [5.41, 5.74) is 0. The Balaban J connectivity index is 1.91. The zero-order valence-corrected chi connectivity index (χ0v) is 10.1. The number of nitrogens with zero attached hydrogens (tertiary/aromatic N) is 1. The summed E-state index contributed by atoms with van der Waals surface area (Å²) >= 11 is 0. The van der Waals surface area contributed by atoms with Crippen molar-refractivity contribution < 1.29 is 0 Å². The van der Waals surface area contributed by atoms with Crippen LogP contribution in [0.25, 0.3) is 0 Å². The van der Waals surface area contributed by atoms with Crippen LogP contribution in [0.2, 0.25) is 0 Å². The molecule has 14 heavy (non-hydrogen) atoms. The predicted octanol–water partition coefficient (Wildman–Crippen LogP) is 3.69. The standard InChI is InChI=1S/C13H27N/c1-3-4-5-6-7-8-13-9-11-14(2)12-10-13/h13H,3-12H2,1-2H3. The summed E-state index contributed by atoms with van der Waals surface area (Å²) in [7, 11) is 2.25. The molecule has 0 atom stereocenters. The van der Waals surface area contributed by atoms with Gasteiger partial charge in [0.2, 0.25) is 0 Å². The minimum atomic E-state index is 1.05. The molecule has 0 radical (unpaired) electrons. The molecule has 0 amide bonds. The molecule has 0 aromatic heterocycles. The van der Waals surface area contributed by atoms with Crippen LogP contribution in [0.15, 0.2) is 0 Å². The highest BCUT2D eigenvalue weighted by atomic mass is 15.1. The third-order valence-electron chi connectivity index (χ3n) is 3.55. The molecule has 1 heteroatoms. The second-order valence-corrected chi connectivity index (χ2v) is 4.95. The highest BCUT2D eigenvalue weighted by molar-refractivity contribution is 4.69. The smallest absolute Gasteiger partial charge is 0.00191 e. The molecule has 0 saturated carbocycles. The lowest BCUT2D eigenvalue weighted by Crippen LogP contribution is -2.30. The van der Waals surface area contributed by atoms with E-state index < -0.39 is 0 Å². The summed E-state index contributed by atoms with van der Waals surface area (Å²) in [6.45, 7) is 4.95. The molecule has 0 aromatic carbocycles. The van der Waals surface area contributed by atoms with Crippen molar-refractivity contribution in [3.05, 3.63) is 0 Å². The van der Waals surface area contributed by atoms with E-state index in [0.717, 1.165) is 5.92 Å². The van der Waals surface area contributed by atoms with E-state index in [0.29, 0.717) is 0 Å². The number of piperidine rings is 1. The first-order valence-corrected chi connectivity index (χ1v) is 6.51. The molecule has 1 aliphatic rings. The summed E-state index contributed by atoms with van der Waals surface area (Å²) in [5.74, 6) is 1.05. The van der Waals surface area contributed by atoms with E-state index in [1.165, 1.54) is 64.5 Å². The fraction of sp³-hybridized carbons (Fsp3) is 1.00. The van der Waals surface area contributed by atoms with Crippen LogP contribution in [0.1, 0.15) is 58.3 Å². The minimum Gasteiger partial charge on any atom is -0.306 e. The zero-order valence-electron chi connectivity index (χ0n) is 10.1. The maximum atomic E-state index is 2.47. The fourth-order valence-corrected chi connectivity index (χ4v) is 2.39. The first-order valence-electron chi connectivity index (χ1n) is 6.51. The maximum Gasteiger partial charge on any atom is -0.00191 e. The third kappa shape index (κ3) is 4.99. The molecule has 0 N–H and O–H groups in total. The van der Waals surface area contributed by atoms with Gasteiger partial charge in [-0.1, -0.05) is 45.4 Å². The van der Waals surface area contributed by atoms with Gasteiger partial charge in [0.15, 0.2) is 0 Å². The van der Waals surface area contributed by atoms with E-state index in [4.69, 9.17) is 0 Å². The van der Waals surface area contributed by atoms with Gasteiger partial charge >= 0.3 is 0 Å². The highest BCUT2D eigenvalue weighted by Gasteiger charge is 2.15. The van der Waals surface area contributed by atoms with Gasteiger partial charge in [0, 0.05) is 0 Å². The monoisotopic (exact) mass is 197 g/mol. The Hall–Kier alpha value is -0.0400. The number of hydrogen-bond acceptors (Lipinski definition) is 1. The normalized spacial score (nSPS) is 20.1. The average Bonchev–Trinajstić information content (AvgIpc) is 2.21. The average molecular weight is 197 g/mol. The molecular formula is C13H27N. The van der Waals surface area contributed by atoms with Crippen LogP contribution in [-0.2, 0) is 0 Å². The first kappa shape index (κ1) is 12.0. The molecule has 0 aromatic rings. The Morgan fingerprint density at radius 1 is 1.00 bits per heavy atom. The van der Waals surface area contributed by atoms with Crippen LogP contribution in [0, 0.1) is 5.92 Å². The van der Waals surface area contributed by atoms with E-state index in [1.54, 1.807) is 0 Å². The van der Waals surface area contributed by atoms with Crippen LogP contribution >= 0.6 is 0 Å². The third-order valence-corrected chi connectivity index (χ3v) is 3.55. The van der Waals surface area contributed by atoms with Crippen molar-refractivity contribution in [1.29, 1.82) is 0 Å². The first-order chi connectivity index (χ1) is 6.83. The van der Waals surface area contributed by atoms with Crippen molar-refractivity contribution in [2.24, 2.45) is 5.92 Å². The van der Waals surface area contributed by atoms with E-state index in [-0.39, 0.29) is 0 Å². The van der Waals surface area contributed by atoms with Crippen molar-refractivity contribution in [2.75, 3.05) is 20.1 Å². The Morgan fingerprint density at radius 3 is 2.29 bits per heavy atom. The summed E-state index contributed by atoms with van der Waals surface area (Å²) < 4.78 is 0. The molecule has 1 aliphatic heterocycles. The summed E-state index contributed by atoms with van der Waals surface area (Å²) in [4.78, 5) is 2.47. The second kappa shape index (κ2) is 7.28. The molecule has 1 rings (SSSR count). The topological polar surface area (TPSA) is 3.24 Å². The predicted molar refractivity (Wildman–Crippen MR) is 63.6 cm³/mol. The fourth-order valence-electron chi connectivity index (χ4n) is 2.39. The number of hydrogen-bond donors (Lipinski definition) is 0. The van der Waals surface area contributed by atoms with Crippen molar-refractivity contribution in [1.82, 2.24) is 4.90 Å². The quantitative estimate of drug-likeness (QED) is 0.587. The summed E-state index contributed by atoms with van der Waals surface area (Å²) in [5, 5.41) is 0. The van der Waals surface area contributed by atoms with Gasteiger partial charge < -0.3 is 4.90 Å². The van der Waals surface area contributed by atoms with E-state index in [9.17, 15) is 0 Å². The number of likely N-dealkylation sites (tertiary alicyclic amines) is 1. The summed E-state index contributed by atoms with van der Waals surface area (Å²) in [6, 6.07) is 0. The molecule has 0 aliphatic carbocycles. The lowest BCUT2D eigenvalue weighted by molar-refractivity contribution is 0.209. The van der Waals surface area contributed by atoms with Gasteiger partial charge in [-0.25, -0.2) is 0 Å². The van der Waals surface area contributed by atoms with Gasteiger partial charge in [-0.05, 0) is 38.9 Å².